The zero-order chi connectivity index (χ0) is 13.1. The van der Waals surface area contributed by atoms with Gasteiger partial charge in [0.25, 0.3) is 0 Å². The van der Waals surface area contributed by atoms with Crippen LogP contribution >= 0.6 is 0 Å². The topological polar surface area (TPSA) is 56.7 Å². The monoisotopic (exact) mass is 246 g/mol. The predicted octanol–water partition coefficient (Wildman–Crippen LogP) is 3.46. The number of aryl methyl sites for hydroxylation is 1. The Balaban J connectivity index is 2.29. The first-order chi connectivity index (χ1) is 8.63. The van der Waals surface area contributed by atoms with Crippen LogP contribution < -0.4 is 5.73 Å². The second-order valence-electron chi connectivity index (χ2n) is 5.04. The summed E-state index contributed by atoms with van der Waals surface area (Å²) in [6.07, 6.45) is 6.73. The van der Waals surface area contributed by atoms with E-state index in [9.17, 15) is 0 Å². The van der Waals surface area contributed by atoms with Gasteiger partial charge in [0.2, 0.25) is 5.95 Å². The zero-order valence-electron chi connectivity index (χ0n) is 11.5. The normalized spacial score (nSPS) is 13.1. The molecule has 0 aliphatic rings. The summed E-state index contributed by atoms with van der Waals surface area (Å²) in [6.45, 7) is 6.43. The number of hydrogen-bond donors (Lipinski definition) is 1. The van der Waals surface area contributed by atoms with E-state index in [1.54, 1.807) is 0 Å². The number of aromatic nitrogens is 3. The van der Waals surface area contributed by atoms with Crippen molar-refractivity contribution in [2.45, 2.75) is 52.5 Å². The Kier molecular flexibility index (Phi) is 3.84. The lowest BCUT2D eigenvalue weighted by Gasteiger charge is -2.15. The minimum atomic E-state index is 0.358. The summed E-state index contributed by atoms with van der Waals surface area (Å²) in [4.78, 5) is 8.87. The standard InChI is InChI=1S/C14H22N4/c1-4-5-6-7-11(3)18-13-12(17-14(18)15)8-10(2)9-16-13/h8-9,11H,4-7H2,1-3H3,(H2,15,17). The fraction of sp³-hybridized carbons (Fsp3) is 0.571. The third-order valence-electron chi connectivity index (χ3n) is 3.36. The Labute approximate surface area is 108 Å². The van der Waals surface area contributed by atoms with E-state index in [-0.39, 0.29) is 0 Å². The van der Waals surface area contributed by atoms with Crippen LogP contribution in [0, 0.1) is 6.92 Å². The van der Waals surface area contributed by atoms with Crippen LogP contribution in [0.4, 0.5) is 5.95 Å². The largest absolute Gasteiger partial charge is 0.369 e. The SMILES string of the molecule is CCCCCC(C)n1c(N)nc2cc(C)cnc21. The molecule has 2 aromatic rings. The van der Waals surface area contributed by atoms with Crippen molar-refractivity contribution in [3.05, 3.63) is 17.8 Å². The van der Waals surface area contributed by atoms with Crippen LogP contribution in [0.3, 0.4) is 0 Å². The number of fused-ring (bicyclic) bond motifs is 1. The molecule has 2 rings (SSSR count). The second-order valence-corrected chi connectivity index (χ2v) is 5.04. The van der Waals surface area contributed by atoms with Crippen LogP contribution in [0.25, 0.3) is 11.2 Å². The number of imidazole rings is 1. The van der Waals surface area contributed by atoms with E-state index in [0.29, 0.717) is 12.0 Å². The lowest BCUT2D eigenvalue weighted by Crippen LogP contribution is -2.09. The molecule has 4 heteroatoms. The lowest BCUT2D eigenvalue weighted by molar-refractivity contribution is 0.490. The highest BCUT2D eigenvalue weighted by Crippen LogP contribution is 2.24. The van der Waals surface area contributed by atoms with Crippen LogP contribution in [0.2, 0.25) is 0 Å². The molecule has 0 saturated carbocycles. The second kappa shape index (κ2) is 5.38. The van der Waals surface area contributed by atoms with Gasteiger partial charge in [0, 0.05) is 12.2 Å². The van der Waals surface area contributed by atoms with Crippen LogP contribution in [0.1, 0.15) is 51.1 Å². The maximum Gasteiger partial charge on any atom is 0.202 e. The van der Waals surface area contributed by atoms with Gasteiger partial charge in [-0.3, -0.25) is 4.57 Å². The van der Waals surface area contributed by atoms with Gasteiger partial charge in [-0.1, -0.05) is 26.2 Å². The maximum atomic E-state index is 6.02. The third kappa shape index (κ3) is 2.47. The minimum Gasteiger partial charge on any atom is -0.369 e. The molecule has 0 aliphatic heterocycles. The number of rotatable bonds is 5. The van der Waals surface area contributed by atoms with Crippen molar-refractivity contribution >= 4 is 17.1 Å². The van der Waals surface area contributed by atoms with Crippen LogP contribution in [0.15, 0.2) is 12.3 Å². The van der Waals surface area contributed by atoms with Gasteiger partial charge in [0.05, 0.1) is 0 Å². The first kappa shape index (κ1) is 12.9. The molecule has 1 unspecified atom stereocenters. The van der Waals surface area contributed by atoms with E-state index in [0.717, 1.165) is 23.1 Å². The molecule has 0 amide bonds. The van der Waals surface area contributed by atoms with E-state index >= 15 is 0 Å². The predicted molar refractivity (Wildman–Crippen MR) is 75.5 cm³/mol. The van der Waals surface area contributed by atoms with Gasteiger partial charge in [-0.2, -0.15) is 0 Å². The molecule has 0 radical (unpaired) electrons. The minimum absolute atomic E-state index is 0.358. The molecule has 2 heterocycles. The number of hydrogen-bond acceptors (Lipinski definition) is 3. The van der Waals surface area contributed by atoms with Crippen molar-refractivity contribution < 1.29 is 0 Å². The van der Waals surface area contributed by atoms with Crippen LogP contribution in [0.5, 0.6) is 0 Å². The number of nitrogens with zero attached hydrogens (tertiary/aromatic N) is 3. The van der Waals surface area contributed by atoms with Gasteiger partial charge in [-0.25, -0.2) is 9.97 Å². The van der Waals surface area contributed by atoms with Crippen LogP contribution in [-0.4, -0.2) is 14.5 Å². The summed E-state index contributed by atoms with van der Waals surface area (Å²) >= 11 is 0. The molecule has 2 aromatic heterocycles. The molecule has 0 saturated heterocycles. The fourth-order valence-electron chi connectivity index (χ4n) is 2.35. The Bertz CT molecular complexity index is 530. The maximum absolute atomic E-state index is 6.02. The number of unbranched alkanes of at least 4 members (excludes halogenated alkanes) is 2. The third-order valence-corrected chi connectivity index (χ3v) is 3.36. The van der Waals surface area contributed by atoms with E-state index in [1.807, 2.05) is 19.2 Å². The summed E-state index contributed by atoms with van der Waals surface area (Å²) in [5.74, 6) is 0.576. The molecule has 0 aliphatic carbocycles. The zero-order valence-corrected chi connectivity index (χ0v) is 11.5. The van der Waals surface area contributed by atoms with Crippen LogP contribution in [-0.2, 0) is 0 Å². The lowest BCUT2D eigenvalue weighted by atomic mass is 10.1. The van der Waals surface area contributed by atoms with Crippen molar-refractivity contribution in [3.8, 4) is 0 Å². The van der Waals surface area contributed by atoms with E-state index < -0.39 is 0 Å². The van der Waals surface area contributed by atoms with Crippen molar-refractivity contribution in [1.29, 1.82) is 0 Å². The van der Waals surface area contributed by atoms with E-state index in [1.165, 1.54) is 19.3 Å². The summed E-state index contributed by atoms with van der Waals surface area (Å²) in [5, 5.41) is 0. The number of nitrogens with two attached hydrogens (primary N) is 1. The molecule has 18 heavy (non-hydrogen) atoms. The Morgan fingerprint density at radius 3 is 2.89 bits per heavy atom. The van der Waals surface area contributed by atoms with Crippen molar-refractivity contribution in [3.63, 3.8) is 0 Å². The summed E-state index contributed by atoms with van der Waals surface area (Å²) in [5.41, 5.74) is 8.94. The quantitative estimate of drug-likeness (QED) is 0.822. The highest BCUT2D eigenvalue weighted by atomic mass is 15.2. The highest BCUT2D eigenvalue weighted by molar-refractivity contribution is 5.74. The average molecular weight is 246 g/mol. The van der Waals surface area contributed by atoms with Gasteiger partial charge < -0.3 is 5.73 Å². The Morgan fingerprint density at radius 2 is 2.17 bits per heavy atom. The van der Waals surface area contributed by atoms with Gasteiger partial charge in [0.15, 0.2) is 5.65 Å². The highest BCUT2D eigenvalue weighted by Gasteiger charge is 2.14. The molecule has 2 N–H and O–H groups in total. The Hall–Kier alpha value is -1.58. The molecule has 98 valence electrons. The molecular formula is C14H22N4. The molecule has 0 aromatic carbocycles. The summed E-state index contributed by atoms with van der Waals surface area (Å²) in [7, 11) is 0. The molecule has 4 nitrogen and oxygen atoms in total. The number of anilines is 1. The summed E-state index contributed by atoms with van der Waals surface area (Å²) < 4.78 is 2.06. The van der Waals surface area contributed by atoms with Crippen molar-refractivity contribution in [2.75, 3.05) is 5.73 Å². The first-order valence-corrected chi connectivity index (χ1v) is 6.73. The summed E-state index contributed by atoms with van der Waals surface area (Å²) in [6, 6.07) is 2.39. The molecule has 0 bridgehead atoms. The Morgan fingerprint density at radius 1 is 1.39 bits per heavy atom. The molecule has 0 fully saturated rings. The molecule has 1 atom stereocenters. The van der Waals surface area contributed by atoms with Gasteiger partial charge in [-0.15, -0.1) is 0 Å². The van der Waals surface area contributed by atoms with E-state index in [4.69, 9.17) is 5.73 Å². The molecular weight excluding hydrogens is 224 g/mol. The smallest absolute Gasteiger partial charge is 0.202 e. The van der Waals surface area contributed by atoms with Gasteiger partial charge in [0.1, 0.15) is 5.52 Å². The van der Waals surface area contributed by atoms with Crippen molar-refractivity contribution in [2.24, 2.45) is 0 Å². The average Bonchev–Trinajstić information content (AvgIpc) is 2.64. The van der Waals surface area contributed by atoms with E-state index in [2.05, 4.69) is 28.4 Å². The molecule has 0 spiro atoms. The van der Waals surface area contributed by atoms with Crippen molar-refractivity contribution in [1.82, 2.24) is 14.5 Å². The number of pyridine rings is 1. The van der Waals surface area contributed by atoms with Gasteiger partial charge in [-0.05, 0) is 31.9 Å². The van der Waals surface area contributed by atoms with Gasteiger partial charge >= 0.3 is 0 Å². The first-order valence-electron chi connectivity index (χ1n) is 6.73. The number of nitrogen functional groups attached to an aromatic ring is 1. The fourth-order valence-corrected chi connectivity index (χ4v) is 2.35.